The van der Waals surface area contributed by atoms with Gasteiger partial charge in [-0.1, -0.05) is 39.3 Å². The lowest BCUT2D eigenvalue weighted by Crippen LogP contribution is -2.42. The Morgan fingerprint density at radius 3 is 2.30 bits per heavy atom. The molecule has 3 aromatic carbocycles. The van der Waals surface area contributed by atoms with E-state index in [9.17, 15) is 14.6 Å². The average Bonchev–Trinajstić information content (AvgIpc) is 3.61. The van der Waals surface area contributed by atoms with Gasteiger partial charge in [-0.2, -0.15) is 0 Å². The van der Waals surface area contributed by atoms with Crippen LogP contribution in [0.2, 0.25) is 6.82 Å². The fourth-order valence-corrected chi connectivity index (χ4v) is 7.97. The summed E-state index contributed by atoms with van der Waals surface area (Å²) in [5.41, 5.74) is 4.93. The Morgan fingerprint density at radius 2 is 1.61 bits per heavy atom. The Morgan fingerprint density at radius 1 is 0.932 bits per heavy atom. The maximum atomic E-state index is 14.2. The largest absolute Gasteiger partial charge is 0.486 e. The molecule has 10 heteroatoms. The summed E-state index contributed by atoms with van der Waals surface area (Å²) in [5, 5.41) is 13.6. The molecule has 0 radical (unpaired) electrons. The second kappa shape index (κ2) is 9.49. The first-order valence-corrected chi connectivity index (χ1v) is 15.7. The number of fused-ring (bicyclic) bond motifs is 11. The van der Waals surface area contributed by atoms with Gasteiger partial charge in [0.1, 0.15) is 19.4 Å². The lowest BCUT2D eigenvalue weighted by molar-refractivity contribution is -0.164. The van der Waals surface area contributed by atoms with Gasteiger partial charge in [-0.3, -0.25) is 14.4 Å². The summed E-state index contributed by atoms with van der Waals surface area (Å²) < 4.78 is 21.3. The maximum Gasteiger partial charge on any atom is 0.419 e. The third kappa shape index (κ3) is 3.49. The van der Waals surface area contributed by atoms with Crippen molar-refractivity contribution in [2.24, 2.45) is 17.8 Å². The molecule has 9 nitrogen and oxygen atoms in total. The zero-order valence-electron chi connectivity index (χ0n) is 25.9. The van der Waals surface area contributed by atoms with Gasteiger partial charge >= 0.3 is 7.05 Å². The summed E-state index contributed by atoms with van der Waals surface area (Å²) in [6.45, 7) is 13.3. The molecule has 1 saturated heterocycles. The minimum Gasteiger partial charge on any atom is -0.486 e. The zero-order valence-corrected chi connectivity index (χ0v) is 25.9. The van der Waals surface area contributed by atoms with Crippen LogP contribution in [0.15, 0.2) is 30.3 Å². The molecule has 3 aliphatic rings. The van der Waals surface area contributed by atoms with Crippen molar-refractivity contribution in [3.63, 3.8) is 0 Å². The number of hydrogen-bond acceptors (Lipinski definition) is 6. The molecule has 3 aliphatic heterocycles. The van der Waals surface area contributed by atoms with Gasteiger partial charge in [0, 0.05) is 39.0 Å². The van der Waals surface area contributed by atoms with Crippen LogP contribution in [0.25, 0.3) is 43.6 Å². The smallest absolute Gasteiger partial charge is 0.419 e. The number of H-pyrrole nitrogens is 1. The van der Waals surface area contributed by atoms with Crippen molar-refractivity contribution >= 4 is 62.5 Å². The molecule has 8 rings (SSSR count). The normalized spacial score (nSPS) is 25.2. The molecule has 5 unspecified atom stereocenters. The fraction of sp³-hybridized carbons (Fsp3) is 0.412. The van der Waals surface area contributed by atoms with Crippen molar-refractivity contribution in [3.8, 4) is 11.5 Å². The van der Waals surface area contributed by atoms with Crippen LogP contribution < -0.4 is 9.47 Å². The number of rotatable bonds is 3. The van der Waals surface area contributed by atoms with Crippen LogP contribution >= 0.6 is 0 Å². The number of amides is 2. The van der Waals surface area contributed by atoms with Crippen LogP contribution in [-0.2, 0) is 4.74 Å². The first-order chi connectivity index (χ1) is 21.1. The molecule has 226 valence electrons. The number of nitrogens with one attached hydrogen (secondary N) is 1. The van der Waals surface area contributed by atoms with E-state index >= 15 is 0 Å². The number of benzene rings is 3. The number of carbonyl (C=O) groups excluding carboxylic acids is 2. The lowest BCUT2D eigenvalue weighted by atomic mass is 9.77. The number of carbonyl (C=O) groups is 2. The molecule has 0 aliphatic carbocycles. The van der Waals surface area contributed by atoms with Crippen molar-refractivity contribution in [2.75, 3.05) is 13.2 Å². The topological polar surface area (TPSA) is 106 Å². The molecule has 2 aromatic heterocycles. The molecular formula is C34H36BN3O6. The van der Waals surface area contributed by atoms with Crippen molar-refractivity contribution < 1.29 is 28.8 Å². The highest BCUT2D eigenvalue weighted by Crippen LogP contribution is 2.51. The monoisotopic (exact) mass is 593 g/mol. The van der Waals surface area contributed by atoms with E-state index < -0.39 is 18.9 Å². The van der Waals surface area contributed by atoms with E-state index in [-0.39, 0.29) is 18.2 Å². The van der Waals surface area contributed by atoms with Crippen LogP contribution in [0.4, 0.5) is 0 Å². The molecule has 0 spiro atoms. The molecule has 0 bridgehead atoms. The highest BCUT2D eigenvalue weighted by atomic mass is 16.6. The molecule has 5 aromatic rings. The van der Waals surface area contributed by atoms with Crippen LogP contribution in [-0.4, -0.2) is 57.6 Å². The van der Waals surface area contributed by atoms with Crippen LogP contribution in [0.1, 0.15) is 66.6 Å². The summed E-state index contributed by atoms with van der Waals surface area (Å²) in [4.78, 5) is 32.9. The predicted molar refractivity (Wildman–Crippen MR) is 171 cm³/mol. The van der Waals surface area contributed by atoms with Gasteiger partial charge in [-0.15, -0.1) is 0 Å². The van der Waals surface area contributed by atoms with Crippen LogP contribution in [0.3, 0.4) is 0 Å². The van der Waals surface area contributed by atoms with E-state index in [2.05, 4.69) is 37.2 Å². The number of imide groups is 1. The van der Waals surface area contributed by atoms with Gasteiger partial charge in [-0.25, -0.2) is 0 Å². The van der Waals surface area contributed by atoms with E-state index in [1.807, 2.05) is 37.3 Å². The standard InChI is InChI=1S/C34H36BN3O6/c1-7-23-17(4)16(3)18(5)34(44-23)37-22-14-25-24(42-10-11-43-25)13-20(22)27-29-28(32(39)38(33(29)40)35(6)41)26-19-12-15(2)8-9-21(19)36-30(26)31(27)37/h8-9,12-14,16-18,23,34,36,41H,7,10-11H2,1-6H3. The van der Waals surface area contributed by atoms with Crippen LogP contribution in [0.5, 0.6) is 11.5 Å². The van der Waals surface area contributed by atoms with E-state index in [0.717, 1.165) is 49.6 Å². The van der Waals surface area contributed by atoms with Gasteiger partial charge in [0.25, 0.3) is 11.8 Å². The number of aromatic amines is 1. The third-order valence-electron chi connectivity index (χ3n) is 10.5. The maximum absolute atomic E-state index is 14.2. The van der Waals surface area contributed by atoms with E-state index in [0.29, 0.717) is 58.4 Å². The fourth-order valence-electron chi connectivity index (χ4n) is 7.97. The summed E-state index contributed by atoms with van der Waals surface area (Å²) >= 11 is 0. The third-order valence-corrected chi connectivity index (χ3v) is 10.5. The molecule has 1 fully saturated rings. The molecule has 2 amide bonds. The second-order valence-corrected chi connectivity index (χ2v) is 12.9. The lowest BCUT2D eigenvalue weighted by Gasteiger charge is -2.44. The van der Waals surface area contributed by atoms with E-state index in [1.165, 1.54) is 6.82 Å². The van der Waals surface area contributed by atoms with Gasteiger partial charge in [0.2, 0.25) is 0 Å². The van der Waals surface area contributed by atoms with E-state index in [4.69, 9.17) is 14.2 Å². The van der Waals surface area contributed by atoms with Crippen molar-refractivity contribution in [1.29, 1.82) is 0 Å². The minimum atomic E-state index is -1.29. The van der Waals surface area contributed by atoms with Crippen molar-refractivity contribution in [3.05, 3.63) is 47.0 Å². The Labute approximate surface area is 255 Å². The number of aryl methyl sites for hydroxylation is 1. The predicted octanol–water partition coefficient (Wildman–Crippen LogP) is 6.43. The zero-order chi connectivity index (χ0) is 30.8. The van der Waals surface area contributed by atoms with Gasteiger partial charge < -0.3 is 28.8 Å². The molecule has 5 atom stereocenters. The Kier molecular flexibility index (Phi) is 5.94. The summed E-state index contributed by atoms with van der Waals surface area (Å²) in [5.74, 6) is 1.12. The first-order valence-electron chi connectivity index (χ1n) is 15.7. The number of ether oxygens (including phenoxy) is 3. The Bertz CT molecular complexity index is 2060. The summed E-state index contributed by atoms with van der Waals surface area (Å²) in [6, 6.07) is 10.0. The Hall–Kier alpha value is -4.02. The van der Waals surface area contributed by atoms with Gasteiger partial charge in [0.15, 0.2) is 11.5 Å². The SMILES string of the molecule is CCC1OC(n2c3cc4c(cc3c3c5c(c6c7cc(C)ccc7[nH]c6c32)C(=O)N(B(C)O)C5=O)OCCO4)C(C)C(C)C1C. The highest BCUT2D eigenvalue weighted by molar-refractivity contribution is 6.59. The van der Waals surface area contributed by atoms with Gasteiger partial charge in [-0.05, 0) is 50.2 Å². The molecule has 0 saturated carbocycles. The van der Waals surface area contributed by atoms with Gasteiger partial charge in [0.05, 0.1) is 33.8 Å². The van der Waals surface area contributed by atoms with Crippen molar-refractivity contribution in [1.82, 2.24) is 14.4 Å². The van der Waals surface area contributed by atoms with Crippen molar-refractivity contribution in [2.45, 2.75) is 60.2 Å². The first kappa shape index (κ1) is 27.5. The number of hydrogen-bond donors (Lipinski definition) is 2. The Balaban J connectivity index is 1.60. The molecule has 44 heavy (non-hydrogen) atoms. The second-order valence-electron chi connectivity index (χ2n) is 12.9. The quantitative estimate of drug-likeness (QED) is 0.185. The number of nitrogens with zero attached hydrogens (tertiary/aromatic N) is 2. The summed E-state index contributed by atoms with van der Waals surface area (Å²) in [6.07, 6.45) is 0.591. The van der Waals surface area contributed by atoms with Crippen LogP contribution in [0, 0.1) is 24.7 Å². The molecule has 5 heterocycles. The highest BCUT2D eigenvalue weighted by Gasteiger charge is 2.46. The average molecular weight is 593 g/mol. The molecule has 2 N–H and O–H groups in total. The minimum absolute atomic E-state index is 0.0557. The molecular weight excluding hydrogens is 557 g/mol. The number of aromatic nitrogens is 2. The summed E-state index contributed by atoms with van der Waals surface area (Å²) in [7, 11) is -1.29. The van der Waals surface area contributed by atoms with E-state index in [1.54, 1.807) is 0 Å².